The molecule has 0 saturated carbocycles. The van der Waals surface area contributed by atoms with Crippen LogP contribution < -0.4 is 15.4 Å². The number of likely N-dealkylation sites (N-methyl/N-ethyl adjacent to an activating group) is 1. The van der Waals surface area contributed by atoms with E-state index < -0.39 is 17.8 Å². The molecule has 0 bridgehead atoms. The van der Waals surface area contributed by atoms with Crippen LogP contribution in [0.4, 0.5) is 23.7 Å². The van der Waals surface area contributed by atoms with Crippen molar-refractivity contribution in [3.63, 3.8) is 0 Å². The summed E-state index contributed by atoms with van der Waals surface area (Å²) in [6.07, 6.45) is -4.59. The molecule has 5 nitrogen and oxygen atoms in total. The number of hydrogen-bond acceptors (Lipinski definition) is 3. The summed E-state index contributed by atoms with van der Waals surface area (Å²) in [6.45, 7) is 8.62. The third-order valence-corrected chi connectivity index (χ3v) is 3.46. The van der Waals surface area contributed by atoms with Crippen molar-refractivity contribution in [2.75, 3.05) is 38.1 Å². The Labute approximate surface area is 140 Å². The predicted molar refractivity (Wildman–Crippen MR) is 87.4 cm³/mol. The number of urea groups is 1. The zero-order valence-electron chi connectivity index (χ0n) is 14.2. The average Bonchev–Trinajstić information content (AvgIpc) is 2.52. The van der Waals surface area contributed by atoms with Gasteiger partial charge in [-0.2, -0.15) is 13.2 Å². The number of ether oxygens (including phenoxy) is 1. The summed E-state index contributed by atoms with van der Waals surface area (Å²) in [7, 11) is 0. The van der Waals surface area contributed by atoms with Crippen molar-refractivity contribution in [2.45, 2.75) is 26.9 Å². The molecule has 0 unspecified atom stereocenters. The summed E-state index contributed by atoms with van der Waals surface area (Å²) in [6, 6.07) is 2.80. The van der Waals surface area contributed by atoms with Gasteiger partial charge in [-0.25, -0.2) is 4.79 Å². The maximum atomic E-state index is 13.1. The molecule has 0 atom stereocenters. The minimum absolute atomic E-state index is 0.109. The van der Waals surface area contributed by atoms with Gasteiger partial charge in [-0.3, -0.25) is 0 Å². The number of halogens is 3. The van der Waals surface area contributed by atoms with Crippen LogP contribution in [0.25, 0.3) is 0 Å². The molecule has 2 amide bonds. The normalized spacial score (nSPS) is 11.5. The van der Waals surface area contributed by atoms with E-state index in [2.05, 4.69) is 15.5 Å². The monoisotopic (exact) mass is 347 g/mol. The van der Waals surface area contributed by atoms with E-state index in [0.717, 1.165) is 19.2 Å². The molecule has 0 aliphatic heterocycles. The van der Waals surface area contributed by atoms with Crippen LogP contribution in [0.3, 0.4) is 0 Å². The van der Waals surface area contributed by atoms with E-state index in [9.17, 15) is 18.0 Å². The Morgan fingerprint density at radius 3 is 2.42 bits per heavy atom. The highest BCUT2D eigenvalue weighted by molar-refractivity contribution is 5.90. The average molecular weight is 347 g/mol. The molecule has 0 spiro atoms. The fraction of sp³-hybridized carbons (Fsp3) is 0.562. The Hall–Kier alpha value is -1.96. The second-order valence-electron chi connectivity index (χ2n) is 5.05. The van der Waals surface area contributed by atoms with Crippen LogP contribution in [0.15, 0.2) is 18.2 Å². The number of hydrogen-bond donors (Lipinski definition) is 2. The van der Waals surface area contributed by atoms with Gasteiger partial charge in [0.2, 0.25) is 0 Å². The Balaban J connectivity index is 2.73. The predicted octanol–water partition coefficient (Wildman–Crippen LogP) is 3.57. The number of carbonyl (C=O) groups is 1. The Morgan fingerprint density at radius 2 is 1.88 bits per heavy atom. The van der Waals surface area contributed by atoms with Gasteiger partial charge in [-0.05, 0) is 38.2 Å². The lowest BCUT2D eigenvalue weighted by molar-refractivity contribution is -0.137. The molecular formula is C16H24F3N3O2. The van der Waals surface area contributed by atoms with E-state index in [1.807, 2.05) is 13.8 Å². The number of nitrogens with one attached hydrogen (secondary N) is 2. The zero-order chi connectivity index (χ0) is 18.2. The molecule has 8 heteroatoms. The van der Waals surface area contributed by atoms with Crippen molar-refractivity contribution in [3.8, 4) is 5.75 Å². The number of alkyl halides is 3. The van der Waals surface area contributed by atoms with Crippen LogP contribution in [0.5, 0.6) is 5.75 Å². The van der Waals surface area contributed by atoms with E-state index >= 15 is 0 Å². The van der Waals surface area contributed by atoms with Crippen molar-refractivity contribution in [2.24, 2.45) is 0 Å². The molecule has 0 aromatic heterocycles. The minimum Gasteiger partial charge on any atom is -0.494 e. The van der Waals surface area contributed by atoms with Crippen molar-refractivity contribution in [3.05, 3.63) is 23.8 Å². The molecule has 0 saturated heterocycles. The molecule has 24 heavy (non-hydrogen) atoms. The second kappa shape index (κ2) is 9.36. The smallest absolute Gasteiger partial charge is 0.418 e. The highest BCUT2D eigenvalue weighted by Crippen LogP contribution is 2.37. The van der Waals surface area contributed by atoms with Crippen molar-refractivity contribution in [1.29, 1.82) is 0 Å². The Morgan fingerprint density at radius 1 is 1.21 bits per heavy atom. The lowest BCUT2D eigenvalue weighted by atomic mass is 10.1. The topological polar surface area (TPSA) is 53.6 Å². The first-order valence-corrected chi connectivity index (χ1v) is 7.93. The van der Waals surface area contributed by atoms with E-state index in [0.29, 0.717) is 13.1 Å². The third kappa shape index (κ3) is 6.27. The zero-order valence-corrected chi connectivity index (χ0v) is 14.2. The van der Waals surface area contributed by atoms with Gasteiger partial charge in [-0.1, -0.05) is 13.8 Å². The summed E-state index contributed by atoms with van der Waals surface area (Å²) in [4.78, 5) is 13.9. The van der Waals surface area contributed by atoms with Gasteiger partial charge in [0.15, 0.2) is 0 Å². The van der Waals surface area contributed by atoms with E-state index in [1.165, 1.54) is 12.1 Å². The SMILES string of the molecule is CCOc1ccc(NC(=O)NCCN(CC)CC)c(C(F)(F)F)c1. The third-order valence-electron chi connectivity index (χ3n) is 3.46. The largest absolute Gasteiger partial charge is 0.494 e. The summed E-state index contributed by atoms with van der Waals surface area (Å²) in [5.74, 6) is 0.109. The van der Waals surface area contributed by atoms with E-state index in [1.54, 1.807) is 6.92 Å². The van der Waals surface area contributed by atoms with Crippen LogP contribution in [0.2, 0.25) is 0 Å². The number of rotatable bonds is 8. The number of benzene rings is 1. The summed E-state index contributed by atoms with van der Waals surface area (Å²) >= 11 is 0. The first-order chi connectivity index (χ1) is 11.3. The van der Waals surface area contributed by atoms with Gasteiger partial charge in [-0.15, -0.1) is 0 Å². The highest BCUT2D eigenvalue weighted by Gasteiger charge is 2.34. The molecule has 0 fully saturated rings. The fourth-order valence-corrected chi connectivity index (χ4v) is 2.16. The van der Waals surface area contributed by atoms with Crippen molar-refractivity contribution < 1.29 is 22.7 Å². The fourth-order valence-electron chi connectivity index (χ4n) is 2.16. The van der Waals surface area contributed by atoms with Gasteiger partial charge >= 0.3 is 12.2 Å². The molecule has 0 heterocycles. The molecule has 0 radical (unpaired) electrons. The van der Waals surface area contributed by atoms with Crippen LogP contribution in [0.1, 0.15) is 26.3 Å². The molecular weight excluding hydrogens is 323 g/mol. The molecule has 0 aliphatic carbocycles. The van der Waals surface area contributed by atoms with E-state index in [4.69, 9.17) is 4.74 Å². The van der Waals surface area contributed by atoms with Gasteiger partial charge in [0.05, 0.1) is 17.9 Å². The van der Waals surface area contributed by atoms with Gasteiger partial charge < -0.3 is 20.3 Å². The second-order valence-corrected chi connectivity index (χ2v) is 5.05. The molecule has 0 aliphatic rings. The minimum atomic E-state index is -4.59. The van der Waals surface area contributed by atoms with Crippen LogP contribution >= 0.6 is 0 Å². The van der Waals surface area contributed by atoms with Crippen LogP contribution in [-0.2, 0) is 6.18 Å². The van der Waals surface area contributed by atoms with Crippen molar-refractivity contribution in [1.82, 2.24) is 10.2 Å². The quantitative estimate of drug-likeness (QED) is 0.756. The van der Waals surface area contributed by atoms with Crippen LogP contribution in [0, 0.1) is 0 Å². The van der Waals surface area contributed by atoms with E-state index in [-0.39, 0.29) is 18.0 Å². The lowest BCUT2D eigenvalue weighted by Gasteiger charge is -2.19. The number of carbonyl (C=O) groups excluding carboxylic acids is 1. The molecule has 1 rings (SSSR count). The molecule has 1 aromatic carbocycles. The Bertz CT molecular complexity index is 532. The molecule has 1 aromatic rings. The first-order valence-electron chi connectivity index (χ1n) is 7.93. The standard InChI is InChI=1S/C16H24F3N3O2/c1-4-22(5-2)10-9-20-15(23)21-14-8-7-12(24-6-3)11-13(14)16(17,18)19/h7-8,11H,4-6,9-10H2,1-3H3,(H2,20,21,23). The van der Waals surface area contributed by atoms with Gasteiger partial charge in [0.1, 0.15) is 5.75 Å². The maximum Gasteiger partial charge on any atom is 0.418 e. The number of nitrogens with zero attached hydrogens (tertiary/aromatic N) is 1. The van der Waals surface area contributed by atoms with Gasteiger partial charge in [0.25, 0.3) is 0 Å². The summed E-state index contributed by atoms with van der Waals surface area (Å²) in [5, 5.41) is 4.81. The maximum absolute atomic E-state index is 13.1. The molecule has 136 valence electrons. The lowest BCUT2D eigenvalue weighted by Crippen LogP contribution is -2.37. The number of amides is 2. The number of anilines is 1. The van der Waals surface area contributed by atoms with Crippen molar-refractivity contribution >= 4 is 11.7 Å². The first kappa shape index (κ1) is 20.1. The Kier molecular flexibility index (Phi) is 7.84. The van der Waals surface area contributed by atoms with Crippen LogP contribution in [-0.4, -0.2) is 43.7 Å². The molecule has 2 N–H and O–H groups in total. The summed E-state index contributed by atoms with van der Waals surface area (Å²) < 4.78 is 44.5. The van der Waals surface area contributed by atoms with Gasteiger partial charge in [0, 0.05) is 13.1 Å². The highest BCUT2D eigenvalue weighted by atomic mass is 19.4. The summed E-state index contributed by atoms with van der Waals surface area (Å²) in [5.41, 5.74) is -1.24.